The Hall–Kier alpha value is -3.30. The zero-order valence-corrected chi connectivity index (χ0v) is 15.3. The van der Waals surface area contributed by atoms with Crippen LogP contribution in [0.4, 0.5) is 23.7 Å². The van der Waals surface area contributed by atoms with Crippen LogP contribution in [-0.4, -0.2) is 52.7 Å². The summed E-state index contributed by atoms with van der Waals surface area (Å²) in [6.45, 7) is 0.856. The van der Waals surface area contributed by atoms with E-state index < -0.39 is 29.8 Å². The monoisotopic (exact) mass is 408 g/mol. The van der Waals surface area contributed by atoms with Crippen LogP contribution in [0.3, 0.4) is 0 Å². The van der Waals surface area contributed by atoms with Gasteiger partial charge in [-0.2, -0.15) is 13.2 Å². The molecule has 10 heteroatoms. The number of amides is 2. The SMILES string of the molecule is NC(=O)CC1CN(c2ccc(-c3cccc(C(F)(F)F)c3)nc2)CCN1C(=O)O. The van der Waals surface area contributed by atoms with Gasteiger partial charge in [0.15, 0.2) is 0 Å². The second-order valence-corrected chi connectivity index (χ2v) is 6.73. The second-order valence-electron chi connectivity index (χ2n) is 6.73. The van der Waals surface area contributed by atoms with Crippen LogP contribution < -0.4 is 10.6 Å². The average Bonchev–Trinajstić information content (AvgIpc) is 2.67. The van der Waals surface area contributed by atoms with Gasteiger partial charge in [-0.1, -0.05) is 12.1 Å². The predicted molar refractivity (Wildman–Crippen MR) is 99.2 cm³/mol. The van der Waals surface area contributed by atoms with Crippen molar-refractivity contribution in [1.82, 2.24) is 9.88 Å². The van der Waals surface area contributed by atoms with E-state index in [2.05, 4.69) is 4.98 Å². The highest BCUT2D eigenvalue weighted by Gasteiger charge is 2.32. The highest BCUT2D eigenvalue weighted by atomic mass is 19.4. The molecule has 0 spiro atoms. The minimum atomic E-state index is -4.44. The number of primary amides is 1. The molecular formula is C19H19F3N4O3. The van der Waals surface area contributed by atoms with Crippen LogP contribution in [0.1, 0.15) is 12.0 Å². The first-order chi connectivity index (χ1) is 13.6. The largest absolute Gasteiger partial charge is 0.465 e. The summed E-state index contributed by atoms with van der Waals surface area (Å²) >= 11 is 0. The highest BCUT2D eigenvalue weighted by molar-refractivity contribution is 5.76. The van der Waals surface area contributed by atoms with Crippen LogP contribution in [0, 0.1) is 0 Å². The molecule has 7 nitrogen and oxygen atoms in total. The summed E-state index contributed by atoms with van der Waals surface area (Å²) in [5.41, 5.74) is 5.89. The summed E-state index contributed by atoms with van der Waals surface area (Å²) in [7, 11) is 0. The van der Waals surface area contributed by atoms with Crippen molar-refractivity contribution in [3.63, 3.8) is 0 Å². The van der Waals surface area contributed by atoms with Crippen LogP contribution in [0.5, 0.6) is 0 Å². The molecule has 0 saturated carbocycles. The molecule has 2 amide bonds. The van der Waals surface area contributed by atoms with Crippen molar-refractivity contribution in [2.24, 2.45) is 5.73 Å². The molecule has 1 aliphatic rings. The molecule has 1 aromatic heterocycles. The van der Waals surface area contributed by atoms with E-state index in [9.17, 15) is 27.9 Å². The Labute approximate surface area is 164 Å². The van der Waals surface area contributed by atoms with Crippen molar-refractivity contribution in [2.45, 2.75) is 18.6 Å². The molecule has 3 rings (SSSR count). The van der Waals surface area contributed by atoms with Crippen LogP contribution in [0.25, 0.3) is 11.3 Å². The minimum absolute atomic E-state index is 0.0987. The number of anilines is 1. The Balaban J connectivity index is 1.78. The third-order valence-electron chi connectivity index (χ3n) is 4.76. The molecule has 0 bridgehead atoms. The van der Waals surface area contributed by atoms with Crippen LogP contribution >= 0.6 is 0 Å². The molecule has 29 heavy (non-hydrogen) atoms. The van der Waals surface area contributed by atoms with Crippen LogP contribution in [0.2, 0.25) is 0 Å². The number of alkyl halides is 3. The number of nitrogens with zero attached hydrogens (tertiary/aromatic N) is 3. The molecule has 1 saturated heterocycles. The zero-order chi connectivity index (χ0) is 21.2. The van der Waals surface area contributed by atoms with Crippen molar-refractivity contribution in [3.8, 4) is 11.3 Å². The number of hydrogen-bond donors (Lipinski definition) is 2. The van der Waals surface area contributed by atoms with Crippen molar-refractivity contribution in [2.75, 3.05) is 24.5 Å². The fourth-order valence-corrected chi connectivity index (χ4v) is 3.35. The van der Waals surface area contributed by atoms with Crippen LogP contribution in [0.15, 0.2) is 42.6 Å². The lowest BCUT2D eigenvalue weighted by atomic mass is 10.1. The van der Waals surface area contributed by atoms with Gasteiger partial charge in [0.05, 0.1) is 29.2 Å². The van der Waals surface area contributed by atoms with Crippen molar-refractivity contribution in [3.05, 3.63) is 48.2 Å². The third-order valence-corrected chi connectivity index (χ3v) is 4.76. The molecule has 1 aliphatic heterocycles. The number of rotatable bonds is 4. The first-order valence-corrected chi connectivity index (χ1v) is 8.81. The molecule has 1 aromatic carbocycles. The fraction of sp³-hybridized carbons (Fsp3) is 0.316. The van der Waals surface area contributed by atoms with Gasteiger partial charge in [0, 0.05) is 31.6 Å². The highest BCUT2D eigenvalue weighted by Crippen LogP contribution is 2.32. The van der Waals surface area contributed by atoms with E-state index in [0.29, 0.717) is 23.5 Å². The summed E-state index contributed by atoms with van der Waals surface area (Å²) in [4.78, 5) is 29.9. The molecule has 154 valence electrons. The average molecular weight is 408 g/mol. The lowest BCUT2D eigenvalue weighted by molar-refractivity contribution is -0.137. The number of aromatic nitrogens is 1. The van der Waals surface area contributed by atoms with Gasteiger partial charge in [-0.3, -0.25) is 9.78 Å². The first-order valence-electron chi connectivity index (χ1n) is 8.81. The number of pyridine rings is 1. The lowest BCUT2D eigenvalue weighted by Gasteiger charge is -2.40. The molecule has 2 aromatic rings. The van der Waals surface area contributed by atoms with E-state index in [4.69, 9.17) is 5.73 Å². The number of hydrogen-bond acceptors (Lipinski definition) is 4. The molecule has 1 unspecified atom stereocenters. The maximum absolute atomic E-state index is 12.9. The van der Waals surface area contributed by atoms with Gasteiger partial charge in [0.2, 0.25) is 5.91 Å². The maximum atomic E-state index is 12.9. The van der Waals surface area contributed by atoms with Gasteiger partial charge in [-0.05, 0) is 24.3 Å². The molecule has 3 N–H and O–H groups in total. The van der Waals surface area contributed by atoms with Crippen molar-refractivity contribution in [1.29, 1.82) is 0 Å². The Kier molecular flexibility index (Phi) is 5.62. The van der Waals surface area contributed by atoms with E-state index in [-0.39, 0.29) is 19.5 Å². The standard InChI is InChI=1S/C19H19F3N4O3/c20-19(21,22)13-3-1-2-12(8-13)16-5-4-14(10-24-16)25-6-7-26(18(28)29)15(11-25)9-17(23)27/h1-5,8,10,15H,6-7,9,11H2,(H2,23,27)(H,28,29). The van der Waals surface area contributed by atoms with E-state index in [1.807, 2.05) is 4.90 Å². The summed E-state index contributed by atoms with van der Waals surface area (Å²) in [5.74, 6) is -0.596. The van der Waals surface area contributed by atoms with Crippen molar-refractivity contribution < 1.29 is 27.9 Å². The summed E-state index contributed by atoms with van der Waals surface area (Å²) < 4.78 is 38.7. The first kappa shape index (κ1) is 20.4. The Morgan fingerprint density at radius 3 is 2.55 bits per heavy atom. The summed E-state index contributed by atoms with van der Waals surface area (Å²) in [6.07, 6.45) is -4.13. The number of halogens is 3. The molecule has 1 fully saturated rings. The Morgan fingerprint density at radius 2 is 1.97 bits per heavy atom. The Morgan fingerprint density at radius 1 is 1.21 bits per heavy atom. The number of carboxylic acid groups (broad SMARTS) is 1. The normalized spacial score (nSPS) is 17.3. The number of piperazine rings is 1. The number of carbonyl (C=O) groups excluding carboxylic acids is 1. The molecular weight excluding hydrogens is 389 g/mol. The smallest absolute Gasteiger partial charge is 0.416 e. The molecule has 1 atom stereocenters. The third kappa shape index (κ3) is 4.76. The number of benzene rings is 1. The molecule has 0 radical (unpaired) electrons. The summed E-state index contributed by atoms with van der Waals surface area (Å²) in [6, 6.07) is 7.65. The quantitative estimate of drug-likeness (QED) is 0.811. The van der Waals surface area contributed by atoms with E-state index in [1.54, 1.807) is 18.2 Å². The topological polar surface area (TPSA) is 99.8 Å². The van der Waals surface area contributed by atoms with Crippen molar-refractivity contribution >= 4 is 17.7 Å². The molecule has 0 aliphatic carbocycles. The van der Waals surface area contributed by atoms with E-state index >= 15 is 0 Å². The van der Waals surface area contributed by atoms with Gasteiger partial charge in [0.25, 0.3) is 0 Å². The second kappa shape index (κ2) is 7.98. The number of carbonyl (C=O) groups is 2. The number of nitrogens with two attached hydrogens (primary N) is 1. The van der Waals surface area contributed by atoms with Gasteiger partial charge < -0.3 is 20.6 Å². The van der Waals surface area contributed by atoms with E-state index in [1.165, 1.54) is 17.2 Å². The minimum Gasteiger partial charge on any atom is -0.465 e. The molecule has 2 heterocycles. The summed E-state index contributed by atoms with van der Waals surface area (Å²) in [5, 5.41) is 9.28. The zero-order valence-electron chi connectivity index (χ0n) is 15.3. The van der Waals surface area contributed by atoms with Gasteiger partial charge in [-0.25, -0.2) is 4.79 Å². The maximum Gasteiger partial charge on any atom is 0.416 e. The Bertz CT molecular complexity index is 902. The van der Waals surface area contributed by atoms with Crippen LogP contribution in [-0.2, 0) is 11.0 Å². The fourth-order valence-electron chi connectivity index (χ4n) is 3.35. The van der Waals surface area contributed by atoms with Gasteiger partial charge in [-0.15, -0.1) is 0 Å². The lowest BCUT2D eigenvalue weighted by Crippen LogP contribution is -2.56. The predicted octanol–water partition coefficient (Wildman–Crippen LogP) is 2.81. The van der Waals surface area contributed by atoms with Gasteiger partial charge >= 0.3 is 12.3 Å². The van der Waals surface area contributed by atoms with E-state index in [0.717, 1.165) is 12.1 Å². The van der Waals surface area contributed by atoms with Gasteiger partial charge in [0.1, 0.15) is 0 Å².